The minimum absolute atomic E-state index is 0.627. The Kier molecular flexibility index (Phi) is 3.49. The van der Waals surface area contributed by atoms with Gasteiger partial charge in [0.2, 0.25) is 0 Å². The van der Waals surface area contributed by atoms with Gasteiger partial charge in [0, 0.05) is 11.7 Å². The van der Waals surface area contributed by atoms with Crippen LogP contribution in [-0.4, -0.2) is 20.8 Å². The van der Waals surface area contributed by atoms with E-state index in [0.717, 1.165) is 12.5 Å². The van der Waals surface area contributed by atoms with Crippen LogP contribution in [0.4, 0.5) is 5.69 Å². The fourth-order valence-electron chi connectivity index (χ4n) is 2.53. The van der Waals surface area contributed by atoms with E-state index < -0.39 is 0 Å². The van der Waals surface area contributed by atoms with Gasteiger partial charge in [0.25, 0.3) is 0 Å². The Morgan fingerprint density at radius 2 is 2.32 bits per heavy atom. The highest BCUT2D eigenvalue weighted by Crippen LogP contribution is 2.35. The van der Waals surface area contributed by atoms with Crippen molar-refractivity contribution in [1.82, 2.24) is 14.8 Å². The number of hydrogen-bond acceptors (Lipinski definition) is 3. The first-order valence-corrected chi connectivity index (χ1v) is 7.03. The number of anilines is 1. The van der Waals surface area contributed by atoms with Crippen molar-refractivity contribution in [1.29, 1.82) is 0 Å². The summed E-state index contributed by atoms with van der Waals surface area (Å²) < 4.78 is 1.84. The zero-order chi connectivity index (χ0) is 13.1. The average molecular weight is 256 g/mol. The lowest BCUT2D eigenvalue weighted by atomic mass is 10.1. The first-order valence-electron chi connectivity index (χ1n) is 7.03. The first-order chi connectivity index (χ1) is 9.35. The van der Waals surface area contributed by atoms with E-state index >= 15 is 0 Å². The van der Waals surface area contributed by atoms with E-state index in [2.05, 4.69) is 46.6 Å². The Balaban J connectivity index is 1.68. The molecule has 1 N–H and O–H groups in total. The Morgan fingerprint density at radius 3 is 3.00 bits per heavy atom. The van der Waals surface area contributed by atoms with E-state index in [9.17, 15) is 0 Å². The second-order valence-corrected chi connectivity index (χ2v) is 5.29. The molecule has 1 saturated carbocycles. The van der Waals surface area contributed by atoms with E-state index in [-0.39, 0.29) is 0 Å². The summed E-state index contributed by atoms with van der Waals surface area (Å²) in [6.07, 6.45) is 7.27. The maximum absolute atomic E-state index is 4.14. The van der Waals surface area contributed by atoms with Crippen LogP contribution in [-0.2, 0) is 6.54 Å². The average Bonchev–Trinajstić information content (AvgIpc) is 3.15. The largest absolute Gasteiger partial charge is 0.382 e. The van der Waals surface area contributed by atoms with Gasteiger partial charge in [0.1, 0.15) is 12.7 Å². The third kappa shape index (κ3) is 3.13. The predicted octanol–water partition coefficient (Wildman–Crippen LogP) is 2.93. The highest BCUT2D eigenvalue weighted by Gasteiger charge is 2.29. The minimum atomic E-state index is 0.627. The molecule has 1 aliphatic rings. The van der Waals surface area contributed by atoms with Crippen LogP contribution in [0.25, 0.3) is 0 Å². The number of rotatable bonds is 6. The Morgan fingerprint density at radius 1 is 1.42 bits per heavy atom. The molecule has 19 heavy (non-hydrogen) atoms. The van der Waals surface area contributed by atoms with E-state index in [0.29, 0.717) is 6.04 Å². The molecule has 100 valence electrons. The third-order valence-electron chi connectivity index (χ3n) is 3.72. The molecule has 1 heterocycles. The van der Waals surface area contributed by atoms with Crippen LogP contribution < -0.4 is 5.32 Å². The predicted molar refractivity (Wildman–Crippen MR) is 76.0 cm³/mol. The van der Waals surface area contributed by atoms with Crippen molar-refractivity contribution in [3.63, 3.8) is 0 Å². The van der Waals surface area contributed by atoms with Gasteiger partial charge in [-0.2, -0.15) is 5.10 Å². The van der Waals surface area contributed by atoms with Gasteiger partial charge in [-0.05, 0) is 42.9 Å². The van der Waals surface area contributed by atoms with E-state index in [1.54, 1.807) is 12.7 Å². The Bertz CT molecular complexity index is 517. The van der Waals surface area contributed by atoms with Crippen LogP contribution in [0.1, 0.15) is 31.7 Å². The monoisotopic (exact) mass is 256 g/mol. The summed E-state index contributed by atoms with van der Waals surface area (Å²) >= 11 is 0. The summed E-state index contributed by atoms with van der Waals surface area (Å²) in [4.78, 5) is 3.97. The summed E-state index contributed by atoms with van der Waals surface area (Å²) in [6, 6.07) is 9.23. The molecule has 0 spiro atoms. The molecule has 0 amide bonds. The molecule has 1 aromatic heterocycles. The molecule has 3 rings (SSSR count). The quantitative estimate of drug-likeness (QED) is 0.864. The van der Waals surface area contributed by atoms with Crippen LogP contribution in [0.2, 0.25) is 0 Å². The van der Waals surface area contributed by atoms with Crippen molar-refractivity contribution < 1.29 is 0 Å². The zero-order valence-corrected chi connectivity index (χ0v) is 11.3. The molecule has 0 aliphatic heterocycles. The van der Waals surface area contributed by atoms with Crippen molar-refractivity contribution in [3.05, 3.63) is 42.5 Å². The molecule has 1 aromatic carbocycles. The van der Waals surface area contributed by atoms with Crippen LogP contribution >= 0.6 is 0 Å². The molecule has 1 fully saturated rings. The number of nitrogens with one attached hydrogen (secondary N) is 1. The SMILES string of the molecule is CCC(Nc1cccc(Cn2cncn2)c1)C1CC1. The molecule has 2 aromatic rings. The van der Waals surface area contributed by atoms with Gasteiger partial charge in [-0.1, -0.05) is 19.1 Å². The molecule has 0 radical (unpaired) electrons. The van der Waals surface area contributed by atoms with Crippen LogP contribution in [0.3, 0.4) is 0 Å². The molecule has 1 aliphatic carbocycles. The van der Waals surface area contributed by atoms with Gasteiger partial charge in [-0.3, -0.25) is 0 Å². The molecule has 0 saturated heterocycles. The van der Waals surface area contributed by atoms with Crippen molar-refractivity contribution >= 4 is 5.69 Å². The summed E-state index contributed by atoms with van der Waals surface area (Å²) in [5, 5.41) is 7.81. The normalized spacial score (nSPS) is 16.3. The minimum Gasteiger partial charge on any atom is -0.382 e. The summed E-state index contributed by atoms with van der Waals surface area (Å²) in [5.74, 6) is 0.879. The molecule has 1 atom stereocenters. The van der Waals surface area contributed by atoms with Crippen molar-refractivity contribution in [2.75, 3.05) is 5.32 Å². The van der Waals surface area contributed by atoms with Gasteiger partial charge in [0.15, 0.2) is 0 Å². The van der Waals surface area contributed by atoms with Crippen LogP contribution in [0.5, 0.6) is 0 Å². The summed E-state index contributed by atoms with van der Waals surface area (Å²) in [7, 11) is 0. The second kappa shape index (κ2) is 5.43. The van der Waals surface area contributed by atoms with Gasteiger partial charge < -0.3 is 5.32 Å². The third-order valence-corrected chi connectivity index (χ3v) is 3.72. The fourth-order valence-corrected chi connectivity index (χ4v) is 2.53. The van der Waals surface area contributed by atoms with Gasteiger partial charge in [-0.25, -0.2) is 9.67 Å². The second-order valence-electron chi connectivity index (χ2n) is 5.29. The van der Waals surface area contributed by atoms with Crippen LogP contribution in [0, 0.1) is 5.92 Å². The highest BCUT2D eigenvalue weighted by molar-refractivity contribution is 5.46. The highest BCUT2D eigenvalue weighted by atomic mass is 15.3. The molecule has 0 bridgehead atoms. The maximum Gasteiger partial charge on any atom is 0.137 e. The van der Waals surface area contributed by atoms with Gasteiger partial charge in [-0.15, -0.1) is 0 Å². The molecule has 4 heteroatoms. The smallest absolute Gasteiger partial charge is 0.137 e. The van der Waals surface area contributed by atoms with Gasteiger partial charge >= 0.3 is 0 Å². The van der Waals surface area contributed by atoms with E-state index in [4.69, 9.17) is 0 Å². The maximum atomic E-state index is 4.14. The first kappa shape index (κ1) is 12.2. The lowest BCUT2D eigenvalue weighted by Gasteiger charge is -2.18. The Labute approximate surface area is 113 Å². The molecule has 1 unspecified atom stereocenters. The number of hydrogen-bond donors (Lipinski definition) is 1. The fraction of sp³-hybridized carbons (Fsp3) is 0.467. The summed E-state index contributed by atoms with van der Waals surface area (Å²) in [5.41, 5.74) is 2.47. The molecule has 4 nitrogen and oxygen atoms in total. The number of benzene rings is 1. The Hall–Kier alpha value is -1.84. The van der Waals surface area contributed by atoms with E-state index in [1.165, 1.54) is 30.5 Å². The van der Waals surface area contributed by atoms with E-state index in [1.807, 2.05) is 4.68 Å². The topological polar surface area (TPSA) is 42.7 Å². The standard InChI is InChI=1S/C15H20N4/c1-2-15(13-6-7-13)18-14-5-3-4-12(8-14)9-19-11-16-10-17-19/h3-5,8,10-11,13,15,18H,2,6-7,9H2,1H3. The van der Waals surface area contributed by atoms with Crippen molar-refractivity contribution in [2.24, 2.45) is 5.92 Å². The zero-order valence-electron chi connectivity index (χ0n) is 11.3. The van der Waals surface area contributed by atoms with Crippen LogP contribution in [0.15, 0.2) is 36.9 Å². The lowest BCUT2D eigenvalue weighted by molar-refractivity contribution is 0.616. The number of aromatic nitrogens is 3. The molecular formula is C15H20N4. The van der Waals surface area contributed by atoms with Crippen molar-refractivity contribution in [3.8, 4) is 0 Å². The van der Waals surface area contributed by atoms with Gasteiger partial charge in [0.05, 0.1) is 6.54 Å². The molecular weight excluding hydrogens is 236 g/mol. The number of nitrogens with zero attached hydrogens (tertiary/aromatic N) is 3. The summed E-state index contributed by atoms with van der Waals surface area (Å²) in [6.45, 7) is 3.03. The van der Waals surface area contributed by atoms with Crippen molar-refractivity contribution in [2.45, 2.75) is 38.8 Å². The lowest BCUT2D eigenvalue weighted by Crippen LogP contribution is -2.20.